The molecule has 3 atom stereocenters. The molecule has 4 N–H and O–H groups in total. The number of nitrogens with one attached hydrogen (secondary N) is 3. The van der Waals surface area contributed by atoms with Gasteiger partial charge in [0.1, 0.15) is 22.6 Å². The zero-order valence-corrected chi connectivity index (χ0v) is 31.4. The van der Waals surface area contributed by atoms with Crippen molar-refractivity contribution in [3.63, 3.8) is 0 Å². The van der Waals surface area contributed by atoms with E-state index in [4.69, 9.17) is 32.7 Å². The van der Waals surface area contributed by atoms with Crippen molar-refractivity contribution >= 4 is 40.7 Å². The number of aromatic nitrogens is 2. The molecule has 280 valence electrons. The number of fused-ring (bicyclic) bond motifs is 2. The lowest BCUT2D eigenvalue weighted by Crippen LogP contribution is -2.39. The lowest BCUT2D eigenvalue weighted by atomic mass is 9.96. The number of carbonyl (C=O) groups excluding carboxylic acids is 2. The normalized spacial score (nSPS) is 18.7. The molecule has 0 saturated carbocycles. The highest BCUT2D eigenvalue weighted by molar-refractivity contribution is 6.36. The first-order valence-corrected chi connectivity index (χ1v) is 18.7. The Hall–Kier alpha value is -4.20. The topological polar surface area (TPSA) is 130 Å². The van der Waals surface area contributed by atoms with E-state index < -0.39 is 11.9 Å². The summed E-state index contributed by atoms with van der Waals surface area (Å²) in [5.41, 5.74) is 6.25. The van der Waals surface area contributed by atoms with Gasteiger partial charge in [-0.1, -0.05) is 53.5 Å². The molecule has 53 heavy (non-hydrogen) atoms. The second-order valence-electron chi connectivity index (χ2n) is 13.9. The van der Waals surface area contributed by atoms with Crippen molar-refractivity contribution in [3.05, 3.63) is 92.2 Å². The fourth-order valence-corrected chi connectivity index (χ4v) is 8.14. The Morgan fingerprint density at radius 3 is 2.66 bits per heavy atom. The summed E-state index contributed by atoms with van der Waals surface area (Å²) >= 11 is 13.6. The molecule has 2 aliphatic heterocycles. The molecule has 2 amide bonds. The molecule has 1 aliphatic carbocycles. The number of imidazole rings is 1. The Labute approximate surface area is 317 Å². The van der Waals surface area contributed by atoms with E-state index in [1.54, 1.807) is 12.1 Å². The number of hydrogen-bond acceptors (Lipinski definition) is 8. The Kier molecular flexibility index (Phi) is 11.0. The summed E-state index contributed by atoms with van der Waals surface area (Å²) in [5.74, 6) is -0.167. The van der Waals surface area contributed by atoms with Gasteiger partial charge in [0.25, 0.3) is 5.91 Å². The number of ether oxygens (including phenoxy) is 2. The fraction of sp³-hybridized carbons (Fsp3) is 0.410. The van der Waals surface area contributed by atoms with Crippen molar-refractivity contribution in [1.29, 1.82) is 0 Å². The first kappa shape index (κ1) is 37.1. The molecule has 1 saturated heterocycles. The minimum atomic E-state index is -0.620. The maximum absolute atomic E-state index is 15.7. The largest absolute Gasteiger partial charge is 0.496 e. The minimum Gasteiger partial charge on any atom is -0.496 e. The monoisotopic (exact) mass is 764 g/mol. The molecule has 7 rings (SSSR count). The van der Waals surface area contributed by atoms with Crippen LogP contribution in [0.15, 0.2) is 42.5 Å². The van der Waals surface area contributed by atoms with E-state index >= 15 is 4.39 Å². The highest BCUT2D eigenvalue weighted by Gasteiger charge is 2.31. The maximum Gasteiger partial charge on any atom is 0.291 e. The van der Waals surface area contributed by atoms with Gasteiger partial charge in [0.2, 0.25) is 5.91 Å². The minimum absolute atomic E-state index is 0.00445. The van der Waals surface area contributed by atoms with Crippen molar-refractivity contribution in [2.24, 2.45) is 7.05 Å². The Morgan fingerprint density at radius 2 is 1.91 bits per heavy atom. The summed E-state index contributed by atoms with van der Waals surface area (Å²) in [6.07, 6.45) is 2.88. The third kappa shape index (κ3) is 7.35. The van der Waals surface area contributed by atoms with Crippen molar-refractivity contribution in [1.82, 2.24) is 25.1 Å². The molecule has 0 bridgehead atoms. The van der Waals surface area contributed by atoms with Crippen LogP contribution in [0.5, 0.6) is 11.5 Å². The van der Waals surface area contributed by atoms with Gasteiger partial charge in [-0.25, -0.2) is 9.37 Å². The predicted octanol–water partition coefficient (Wildman–Crippen LogP) is 5.97. The molecule has 14 heteroatoms. The van der Waals surface area contributed by atoms with Crippen LogP contribution >= 0.6 is 23.2 Å². The number of aliphatic hydroxyl groups is 1. The van der Waals surface area contributed by atoms with Crippen molar-refractivity contribution in [2.45, 2.75) is 70.3 Å². The average molecular weight is 766 g/mol. The molecule has 3 aromatic carbocycles. The Balaban J connectivity index is 1.08. The molecule has 4 aromatic rings. The zero-order valence-electron chi connectivity index (χ0n) is 29.9. The van der Waals surface area contributed by atoms with E-state index in [1.807, 2.05) is 48.9 Å². The van der Waals surface area contributed by atoms with Crippen LogP contribution in [0.2, 0.25) is 10.0 Å². The molecule has 0 spiro atoms. The number of rotatable bonds is 12. The van der Waals surface area contributed by atoms with Crippen molar-refractivity contribution < 1.29 is 28.6 Å². The Morgan fingerprint density at radius 1 is 1.11 bits per heavy atom. The van der Waals surface area contributed by atoms with Crippen LogP contribution < -0.4 is 25.4 Å². The smallest absolute Gasteiger partial charge is 0.291 e. The summed E-state index contributed by atoms with van der Waals surface area (Å²) in [4.78, 5) is 31.9. The second-order valence-corrected chi connectivity index (χ2v) is 14.7. The molecular formula is C39H43Cl2FN6O5. The standard InChI is InChI=1S/C39H43Cl2FN6O5/c1-21(20-49)48-15-14-30-29(19-48)45-38(47(30)2)39(51)46-28-9-5-8-26(35(28)40)23-6-4-7-25-24(23)11-12-31(25)53-33-16-32(52-3)27(37(42)36(33)41)18-43-17-22-10-13-34(50)44-22/h4-9,16,21-22,31,43,49H,10-15,17-20H2,1-3H3,(H,44,50)(H,46,51). The summed E-state index contributed by atoms with van der Waals surface area (Å²) in [6.45, 7) is 4.05. The molecular weight excluding hydrogens is 722 g/mol. The molecule has 1 aromatic heterocycles. The molecule has 11 nitrogen and oxygen atoms in total. The van der Waals surface area contributed by atoms with Crippen LogP contribution in [0.4, 0.5) is 10.1 Å². The van der Waals surface area contributed by atoms with E-state index in [-0.39, 0.29) is 53.4 Å². The first-order chi connectivity index (χ1) is 25.6. The quantitative estimate of drug-likeness (QED) is 0.139. The molecule has 1 fully saturated rings. The summed E-state index contributed by atoms with van der Waals surface area (Å²) in [7, 11) is 3.32. The average Bonchev–Trinajstić information content (AvgIpc) is 3.87. The van der Waals surface area contributed by atoms with Gasteiger partial charge in [0, 0.05) is 81.0 Å². The zero-order chi connectivity index (χ0) is 37.4. The third-order valence-electron chi connectivity index (χ3n) is 10.6. The third-order valence-corrected chi connectivity index (χ3v) is 11.4. The van der Waals surface area contributed by atoms with Gasteiger partial charge in [-0.2, -0.15) is 0 Å². The molecule has 3 unspecified atom stereocenters. The predicted molar refractivity (Wildman–Crippen MR) is 201 cm³/mol. The van der Waals surface area contributed by atoms with Crippen LogP contribution in [0.3, 0.4) is 0 Å². The fourth-order valence-electron chi connectivity index (χ4n) is 7.65. The van der Waals surface area contributed by atoms with Crippen LogP contribution in [-0.2, 0) is 37.8 Å². The van der Waals surface area contributed by atoms with E-state index in [1.165, 1.54) is 7.11 Å². The number of halogens is 3. The number of carbonyl (C=O) groups is 2. The van der Waals surface area contributed by atoms with Crippen LogP contribution in [-0.4, -0.2) is 70.3 Å². The van der Waals surface area contributed by atoms with Gasteiger partial charge >= 0.3 is 0 Å². The molecule has 3 aliphatic rings. The molecule has 0 radical (unpaired) electrons. The maximum atomic E-state index is 15.7. The summed E-state index contributed by atoms with van der Waals surface area (Å²) in [6, 6.07) is 13.1. The van der Waals surface area contributed by atoms with Gasteiger partial charge in [-0.3, -0.25) is 14.5 Å². The lowest BCUT2D eigenvalue weighted by molar-refractivity contribution is -0.119. The van der Waals surface area contributed by atoms with E-state index in [0.717, 1.165) is 53.0 Å². The molecule has 3 heterocycles. The van der Waals surface area contributed by atoms with E-state index in [0.29, 0.717) is 54.6 Å². The van der Waals surface area contributed by atoms with Gasteiger partial charge in [0.15, 0.2) is 11.6 Å². The summed E-state index contributed by atoms with van der Waals surface area (Å²) < 4.78 is 29.5. The highest BCUT2D eigenvalue weighted by Crippen LogP contribution is 2.45. The SMILES string of the molecule is COc1cc(OC2CCc3c(-c4cccc(NC(=O)c5nc6c(n5C)CCN(C(C)CO)C6)c4Cl)cccc32)c(Cl)c(F)c1CNCC1CCC(=O)N1. The number of amides is 2. The van der Waals surface area contributed by atoms with Gasteiger partial charge in [0.05, 0.1) is 30.1 Å². The van der Waals surface area contributed by atoms with Crippen molar-refractivity contribution in [2.75, 3.05) is 32.1 Å². The van der Waals surface area contributed by atoms with Gasteiger partial charge in [-0.05, 0) is 48.9 Å². The van der Waals surface area contributed by atoms with E-state index in [2.05, 4.69) is 25.8 Å². The van der Waals surface area contributed by atoms with Gasteiger partial charge < -0.3 is 35.1 Å². The highest BCUT2D eigenvalue weighted by atomic mass is 35.5. The van der Waals surface area contributed by atoms with Crippen molar-refractivity contribution in [3.8, 4) is 22.6 Å². The number of methoxy groups -OCH3 is 1. The van der Waals surface area contributed by atoms with E-state index in [9.17, 15) is 14.7 Å². The summed E-state index contributed by atoms with van der Waals surface area (Å²) in [5, 5.41) is 19.0. The number of hydrogen-bond donors (Lipinski definition) is 4. The second kappa shape index (κ2) is 15.6. The number of nitrogens with zero attached hydrogens (tertiary/aromatic N) is 3. The van der Waals surface area contributed by atoms with Crippen LogP contribution in [0.1, 0.15) is 71.0 Å². The Bertz CT molecular complexity index is 2060. The van der Waals surface area contributed by atoms with Gasteiger partial charge in [-0.15, -0.1) is 0 Å². The first-order valence-electron chi connectivity index (χ1n) is 17.9. The number of aliphatic hydroxyl groups excluding tert-OH is 1. The lowest BCUT2D eigenvalue weighted by Gasteiger charge is -2.30. The number of benzene rings is 3. The van der Waals surface area contributed by atoms with Crippen LogP contribution in [0, 0.1) is 5.82 Å². The van der Waals surface area contributed by atoms with Crippen LogP contribution in [0.25, 0.3) is 11.1 Å². The number of anilines is 1.